The molecule has 0 saturated heterocycles. The summed E-state index contributed by atoms with van der Waals surface area (Å²) in [7, 11) is 0. The van der Waals surface area contributed by atoms with Crippen LogP contribution in [0.15, 0.2) is 48.5 Å². The number of nitrogens with one attached hydrogen (secondary N) is 1. The van der Waals surface area contributed by atoms with Crippen LogP contribution in [0, 0.1) is 0 Å². The predicted molar refractivity (Wildman–Crippen MR) is 66.9 cm³/mol. The fourth-order valence-electron chi connectivity index (χ4n) is 1.62. The van der Waals surface area contributed by atoms with E-state index in [1.165, 1.54) is 18.2 Å². The summed E-state index contributed by atoms with van der Waals surface area (Å²) in [6.45, 7) is 0.390. The van der Waals surface area contributed by atoms with Crippen LogP contribution in [-0.2, 0) is 12.7 Å². The molecule has 0 aliphatic carbocycles. The van der Waals surface area contributed by atoms with E-state index in [2.05, 4.69) is 5.32 Å². The summed E-state index contributed by atoms with van der Waals surface area (Å²) < 4.78 is 37.6. The van der Waals surface area contributed by atoms with E-state index in [0.29, 0.717) is 12.2 Å². The summed E-state index contributed by atoms with van der Waals surface area (Å²) in [4.78, 5) is 0. The smallest absolute Gasteiger partial charge is 0.416 e. The Morgan fingerprint density at radius 3 is 2.32 bits per heavy atom. The largest absolute Gasteiger partial charge is 0.508 e. The Labute approximate surface area is 108 Å². The van der Waals surface area contributed by atoms with Gasteiger partial charge in [0.05, 0.1) is 5.56 Å². The summed E-state index contributed by atoms with van der Waals surface area (Å²) in [5.41, 5.74) is 0.598. The second-order valence-electron chi connectivity index (χ2n) is 4.10. The lowest BCUT2D eigenvalue weighted by molar-refractivity contribution is -0.137. The molecule has 5 heteroatoms. The molecule has 0 unspecified atom stereocenters. The standard InChI is InChI=1S/C14H12F3NO/c15-14(16,17)11-2-1-3-12(8-11)18-9-10-4-6-13(19)7-5-10/h1-8,18-19H,9H2. The zero-order valence-electron chi connectivity index (χ0n) is 9.91. The number of hydrogen-bond acceptors (Lipinski definition) is 2. The van der Waals surface area contributed by atoms with Crippen molar-refractivity contribution in [1.29, 1.82) is 0 Å². The maximum Gasteiger partial charge on any atom is 0.416 e. The van der Waals surface area contributed by atoms with Crippen molar-refractivity contribution in [2.45, 2.75) is 12.7 Å². The normalized spacial score (nSPS) is 11.3. The van der Waals surface area contributed by atoms with Crippen LogP contribution in [0.5, 0.6) is 5.75 Å². The Morgan fingerprint density at radius 2 is 1.68 bits per heavy atom. The van der Waals surface area contributed by atoms with Crippen LogP contribution in [0.4, 0.5) is 18.9 Å². The van der Waals surface area contributed by atoms with Gasteiger partial charge < -0.3 is 10.4 Å². The van der Waals surface area contributed by atoms with Gasteiger partial charge in [-0.3, -0.25) is 0 Å². The van der Waals surface area contributed by atoms with Crippen LogP contribution in [0.3, 0.4) is 0 Å². The molecular formula is C14H12F3NO. The average molecular weight is 267 g/mol. The number of hydrogen-bond donors (Lipinski definition) is 2. The molecule has 19 heavy (non-hydrogen) atoms. The molecule has 0 spiro atoms. The third kappa shape index (κ3) is 3.64. The van der Waals surface area contributed by atoms with E-state index in [-0.39, 0.29) is 5.75 Å². The van der Waals surface area contributed by atoms with Gasteiger partial charge in [-0.1, -0.05) is 18.2 Å². The van der Waals surface area contributed by atoms with Gasteiger partial charge in [0, 0.05) is 12.2 Å². The Kier molecular flexibility index (Phi) is 3.64. The first-order valence-corrected chi connectivity index (χ1v) is 5.64. The zero-order valence-corrected chi connectivity index (χ0v) is 9.91. The van der Waals surface area contributed by atoms with E-state index in [4.69, 9.17) is 5.11 Å². The lowest BCUT2D eigenvalue weighted by Gasteiger charge is -2.10. The summed E-state index contributed by atoms with van der Waals surface area (Å²) in [5.74, 6) is 0.155. The van der Waals surface area contributed by atoms with Crippen molar-refractivity contribution in [3.63, 3.8) is 0 Å². The van der Waals surface area contributed by atoms with Crippen molar-refractivity contribution in [3.8, 4) is 5.75 Å². The van der Waals surface area contributed by atoms with E-state index in [0.717, 1.165) is 17.7 Å². The Hall–Kier alpha value is -2.17. The molecule has 2 aromatic carbocycles. The molecule has 2 aromatic rings. The van der Waals surface area contributed by atoms with Gasteiger partial charge in [-0.15, -0.1) is 0 Å². The Bertz CT molecular complexity index is 549. The molecule has 0 radical (unpaired) electrons. The number of alkyl halides is 3. The Morgan fingerprint density at radius 1 is 1.00 bits per heavy atom. The Balaban J connectivity index is 2.05. The lowest BCUT2D eigenvalue weighted by atomic mass is 10.1. The zero-order chi connectivity index (χ0) is 13.9. The van der Waals surface area contributed by atoms with Crippen molar-refractivity contribution >= 4 is 5.69 Å². The van der Waals surface area contributed by atoms with E-state index >= 15 is 0 Å². The third-order valence-electron chi connectivity index (χ3n) is 2.62. The average Bonchev–Trinajstić information content (AvgIpc) is 2.37. The van der Waals surface area contributed by atoms with E-state index in [9.17, 15) is 13.2 Å². The van der Waals surface area contributed by atoms with E-state index in [1.54, 1.807) is 18.2 Å². The van der Waals surface area contributed by atoms with Crippen molar-refractivity contribution in [2.24, 2.45) is 0 Å². The molecule has 100 valence electrons. The number of benzene rings is 2. The maximum atomic E-state index is 12.5. The fourth-order valence-corrected chi connectivity index (χ4v) is 1.62. The van der Waals surface area contributed by atoms with Gasteiger partial charge in [-0.05, 0) is 35.9 Å². The van der Waals surface area contributed by atoms with Crippen molar-refractivity contribution in [3.05, 3.63) is 59.7 Å². The first-order valence-electron chi connectivity index (χ1n) is 5.64. The molecule has 0 fully saturated rings. The third-order valence-corrected chi connectivity index (χ3v) is 2.62. The van der Waals surface area contributed by atoms with Crippen LogP contribution in [0.1, 0.15) is 11.1 Å². The van der Waals surface area contributed by atoms with Crippen molar-refractivity contribution < 1.29 is 18.3 Å². The fraction of sp³-hybridized carbons (Fsp3) is 0.143. The number of halogens is 3. The molecule has 2 rings (SSSR count). The quantitative estimate of drug-likeness (QED) is 0.880. The minimum absolute atomic E-state index is 0.155. The molecule has 2 nitrogen and oxygen atoms in total. The van der Waals surface area contributed by atoms with Crippen LogP contribution >= 0.6 is 0 Å². The van der Waals surface area contributed by atoms with Gasteiger partial charge in [0.2, 0.25) is 0 Å². The van der Waals surface area contributed by atoms with Crippen LogP contribution in [0.25, 0.3) is 0 Å². The van der Waals surface area contributed by atoms with Crippen LogP contribution in [0.2, 0.25) is 0 Å². The van der Waals surface area contributed by atoms with E-state index < -0.39 is 11.7 Å². The second kappa shape index (κ2) is 5.22. The van der Waals surface area contributed by atoms with E-state index in [1.807, 2.05) is 0 Å². The molecule has 0 aliphatic heterocycles. The van der Waals surface area contributed by atoms with Gasteiger partial charge >= 0.3 is 6.18 Å². The van der Waals surface area contributed by atoms with Gasteiger partial charge in [-0.2, -0.15) is 13.2 Å². The minimum Gasteiger partial charge on any atom is -0.508 e. The predicted octanol–water partition coefficient (Wildman–Crippen LogP) is 4.02. The SMILES string of the molecule is Oc1ccc(CNc2cccc(C(F)(F)F)c2)cc1. The topological polar surface area (TPSA) is 32.3 Å². The summed E-state index contributed by atoms with van der Waals surface area (Å²) >= 11 is 0. The molecule has 0 bridgehead atoms. The highest BCUT2D eigenvalue weighted by molar-refractivity contribution is 5.47. The summed E-state index contributed by atoms with van der Waals surface area (Å²) in [5, 5.41) is 12.0. The number of phenolic OH excluding ortho intramolecular Hbond substituents is 1. The molecule has 0 aliphatic rings. The summed E-state index contributed by atoms with van der Waals surface area (Å²) in [6, 6.07) is 11.5. The minimum atomic E-state index is -4.34. The lowest BCUT2D eigenvalue weighted by Crippen LogP contribution is -2.06. The first-order chi connectivity index (χ1) is 8.95. The summed E-state index contributed by atoms with van der Waals surface area (Å²) in [6.07, 6.45) is -4.34. The number of rotatable bonds is 3. The van der Waals surface area contributed by atoms with Crippen molar-refractivity contribution in [1.82, 2.24) is 0 Å². The first kappa shape index (κ1) is 13.3. The molecule has 0 aromatic heterocycles. The van der Waals surface area contributed by atoms with Gasteiger partial charge in [0.15, 0.2) is 0 Å². The molecule has 2 N–H and O–H groups in total. The van der Waals surface area contributed by atoms with Crippen molar-refractivity contribution in [2.75, 3.05) is 5.32 Å². The highest BCUT2D eigenvalue weighted by Gasteiger charge is 2.30. The highest BCUT2D eigenvalue weighted by Crippen LogP contribution is 2.30. The van der Waals surface area contributed by atoms with Crippen LogP contribution in [-0.4, -0.2) is 5.11 Å². The number of aromatic hydroxyl groups is 1. The molecule has 0 amide bonds. The monoisotopic (exact) mass is 267 g/mol. The molecule has 0 saturated carbocycles. The molecule has 0 heterocycles. The number of anilines is 1. The molecule has 0 atom stereocenters. The second-order valence-corrected chi connectivity index (χ2v) is 4.10. The number of phenols is 1. The van der Waals surface area contributed by atoms with Gasteiger partial charge in [0.25, 0.3) is 0 Å². The maximum absolute atomic E-state index is 12.5. The van der Waals surface area contributed by atoms with Gasteiger partial charge in [-0.25, -0.2) is 0 Å². The van der Waals surface area contributed by atoms with Crippen LogP contribution < -0.4 is 5.32 Å². The molecular weight excluding hydrogens is 255 g/mol. The van der Waals surface area contributed by atoms with Gasteiger partial charge in [0.1, 0.15) is 5.75 Å². The highest BCUT2D eigenvalue weighted by atomic mass is 19.4.